The Morgan fingerprint density at radius 3 is 2.50 bits per heavy atom. The summed E-state index contributed by atoms with van der Waals surface area (Å²) in [5.74, 6) is 3.16. The number of hydrogen-bond acceptors (Lipinski definition) is 3. The van der Waals surface area contributed by atoms with E-state index in [0.717, 1.165) is 59.2 Å². The van der Waals surface area contributed by atoms with Crippen LogP contribution in [-0.2, 0) is 4.79 Å². The van der Waals surface area contributed by atoms with E-state index in [1.165, 1.54) is 19.3 Å². The molecule has 1 atom stereocenters. The Labute approximate surface area is 186 Å². The molecule has 3 N–H and O–H groups in total. The van der Waals surface area contributed by atoms with Crippen LogP contribution in [0.25, 0.3) is 0 Å². The Kier molecular flexibility index (Phi) is 5.42. The number of fused-ring (bicyclic) bond motifs is 1. The zero-order valence-electron chi connectivity index (χ0n) is 17.2. The summed E-state index contributed by atoms with van der Waals surface area (Å²) in [7, 11) is 0. The van der Waals surface area contributed by atoms with Gasteiger partial charge in [-0.1, -0.05) is 15.9 Å². The van der Waals surface area contributed by atoms with E-state index in [4.69, 9.17) is 4.74 Å². The molecule has 0 aromatic heterocycles. The van der Waals surface area contributed by atoms with E-state index in [1.54, 1.807) is 0 Å². The molecule has 1 aromatic rings. The average Bonchev–Trinajstić information content (AvgIpc) is 2.67. The highest BCUT2D eigenvalue weighted by Gasteiger charge is 2.51. The maximum absolute atomic E-state index is 12.5. The summed E-state index contributed by atoms with van der Waals surface area (Å²) >= 11 is 3.48. The van der Waals surface area contributed by atoms with Crippen LogP contribution in [0.4, 0.5) is 4.79 Å². The second-order valence-electron chi connectivity index (χ2n) is 9.77. The number of halogens is 1. The summed E-state index contributed by atoms with van der Waals surface area (Å²) in [4.78, 5) is 25.0. The number of urea groups is 1. The van der Waals surface area contributed by atoms with Crippen LogP contribution in [0.5, 0.6) is 5.75 Å². The van der Waals surface area contributed by atoms with Crippen molar-refractivity contribution in [2.45, 2.75) is 62.9 Å². The van der Waals surface area contributed by atoms with Gasteiger partial charge in [0, 0.05) is 35.0 Å². The largest absolute Gasteiger partial charge is 0.493 e. The number of hydrogen-bond donors (Lipinski definition) is 3. The van der Waals surface area contributed by atoms with E-state index in [1.807, 2.05) is 18.2 Å². The first-order valence-corrected chi connectivity index (χ1v) is 12.0. The number of benzene rings is 1. The molecule has 5 aliphatic rings. The Balaban J connectivity index is 1.09. The minimum Gasteiger partial charge on any atom is -0.493 e. The van der Waals surface area contributed by atoms with Crippen molar-refractivity contribution in [2.75, 3.05) is 13.2 Å². The topological polar surface area (TPSA) is 79.5 Å². The van der Waals surface area contributed by atoms with Crippen LogP contribution >= 0.6 is 15.9 Å². The molecule has 1 unspecified atom stereocenters. The first kappa shape index (κ1) is 20.2. The van der Waals surface area contributed by atoms with Crippen LogP contribution in [0.1, 0.15) is 63.0 Å². The quantitative estimate of drug-likeness (QED) is 0.600. The summed E-state index contributed by atoms with van der Waals surface area (Å²) in [5, 5.41) is 9.30. The van der Waals surface area contributed by atoms with Gasteiger partial charge in [-0.3, -0.25) is 4.79 Å². The van der Waals surface area contributed by atoms with Crippen LogP contribution in [0, 0.1) is 17.8 Å². The van der Waals surface area contributed by atoms with Crippen molar-refractivity contribution in [3.05, 3.63) is 28.2 Å². The molecule has 0 saturated heterocycles. The third-order valence-electron chi connectivity index (χ3n) is 7.40. The molecule has 6 rings (SSSR count). The molecule has 1 heterocycles. The normalized spacial score (nSPS) is 33.4. The highest BCUT2D eigenvalue weighted by Crippen LogP contribution is 2.55. The van der Waals surface area contributed by atoms with E-state index in [2.05, 4.69) is 31.9 Å². The monoisotopic (exact) mass is 475 g/mol. The van der Waals surface area contributed by atoms with Crippen molar-refractivity contribution in [3.8, 4) is 5.75 Å². The number of carbonyl (C=O) groups excluding carboxylic acids is 2. The number of ether oxygens (including phenoxy) is 1. The molecule has 30 heavy (non-hydrogen) atoms. The average molecular weight is 476 g/mol. The van der Waals surface area contributed by atoms with Gasteiger partial charge in [-0.05, 0) is 74.5 Å². The number of amides is 3. The minimum atomic E-state index is -0.120. The van der Waals surface area contributed by atoms with E-state index in [-0.39, 0.29) is 29.9 Å². The molecular formula is C23H30BrN3O3. The smallest absolute Gasteiger partial charge is 0.315 e. The van der Waals surface area contributed by atoms with Gasteiger partial charge in [-0.15, -0.1) is 0 Å². The van der Waals surface area contributed by atoms with Crippen LogP contribution in [-0.4, -0.2) is 30.6 Å². The molecule has 4 saturated carbocycles. The molecule has 1 aliphatic heterocycles. The van der Waals surface area contributed by atoms with Crippen molar-refractivity contribution in [2.24, 2.45) is 17.8 Å². The lowest BCUT2D eigenvalue weighted by Gasteiger charge is -2.56. The van der Waals surface area contributed by atoms with Gasteiger partial charge in [0.25, 0.3) is 0 Å². The molecular weight excluding hydrogens is 446 g/mol. The van der Waals surface area contributed by atoms with Crippen molar-refractivity contribution in [3.63, 3.8) is 0 Å². The summed E-state index contributed by atoms with van der Waals surface area (Å²) in [6, 6.07) is 5.68. The molecule has 162 valence electrons. The lowest BCUT2D eigenvalue weighted by Crippen LogP contribution is -2.61. The van der Waals surface area contributed by atoms with Crippen LogP contribution in [0.2, 0.25) is 0 Å². The SMILES string of the molecule is O=C(CCNC(=O)NC12CC3CC(CC(C3)C1)C2)NC1CCOc2ccc(Br)cc21. The maximum atomic E-state index is 12.5. The van der Waals surface area contributed by atoms with E-state index in [9.17, 15) is 9.59 Å². The summed E-state index contributed by atoms with van der Waals surface area (Å²) < 4.78 is 6.65. The van der Waals surface area contributed by atoms with Gasteiger partial charge >= 0.3 is 6.03 Å². The second kappa shape index (κ2) is 8.06. The van der Waals surface area contributed by atoms with Crippen molar-refractivity contribution < 1.29 is 14.3 Å². The lowest BCUT2D eigenvalue weighted by atomic mass is 9.53. The Bertz CT molecular complexity index is 808. The Morgan fingerprint density at radius 1 is 1.10 bits per heavy atom. The highest BCUT2D eigenvalue weighted by atomic mass is 79.9. The third kappa shape index (κ3) is 4.18. The predicted octanol–water partition coefficient (Wildman–Crippen LogP) is 4.05. The molecule has 7 heteroatoms. The summed E-state index contributed by atoms with van der Waals surface area (Å²) in [6.45, 7) is 0.934. The van der Waals surface area contributed by atoms with Gasteiger partial charge in [0.15, 0.2) is 0 Å². The van der Waals surface area contributed by atoms with Crippen molar-refractivity contribution in [1.29, 1.82) is 0 Å². The Hall–Kier alpha value is -1.76. The fraction of sp³-hybridized carbons (Fsp3) is 0.652. The van der Waals surface area contributed by atoms with E-state index in [0.29, 0.717) is 13.2 Å². The minimum absolute atomic E-state index is 0.000284. The molecule has 0 radical (unpaired) electrons. The predicted molar refractivity (Wildman–Crippen MR) is 117 cm³/mol. The van der Waals surface area contributed by atoms with Crippen molar-refractivity contribution in [1.82, 2.24) is 16.0 Å². The molecule has 6 nitrogen and oxygen atoms in total. The van der Waals surface area contributed by atoms with Gasteiger partial charge in [0.2, 0.25) is 5.91 Å². The molecule has 1 aromatic carbocycles. The van der Waals surface area contributed by atoms with Gasteiger partial charge in [-0.2, -0.15) is 0 Å². The van der Waals surface area contributed by atoms with Gasteiger partial charge in [0.05, 0.1) is 12.6 Å². The van der Waals surface area contributed by atoms with Gasteiger partial charge in [-0.25, -0.2) is 4.79 Å². The highest BCUT2D eigenvalue weighted by molar-refractivity contribution is 9.10. The molecule has 3 amide bonds. The number of rotatable bonds is 5. The van der Waals surface area contributed by atoms with Crippen LogP contribution in [0.15, 0.2) is 22.7 Å². The number of nitrogens with one attached hydrogen (secondary N) is 3. The summed E-state index contributed by atoms with van der Waals surface area (Å²) in [6.07, 6.45) is 8.48. The fourth-order valence-corrected chi connectivity index (χ4v) is 7.00. The number of carbonyl (C=O) groups is 2. The molecule has 4 aliphatic carbocycles. The first-order valence-electron chi connectivity index (χ1n) is 11.3. The first-order chi connectivity index (χ1) is 14.5. The zero-order valence-corrected chi connectivity index (χ0v) is 18.8. The van der Waals surface area contributed by atoms with Crippen LogP contribution < -0.4 is 20.7 Å². The fourth-order valence-electron chi connectivity index (χ4n) is 6.62. The third-order valence-corrected chi connectivity index (χ3v) is 7.89. The van der Waals surface area contributed by atoms with Crippen molar-refractivity contribution >= 4 is 27.9 Å². The standard InChI is InChI=1S/C23H30BrN3O3/c24-17-1-2-20-18(10-17)19(4-6-30-20)26-21(28)3-5-25-22(29)27-23-11-14-7-15(12-23)9-16(8-14)13-23/h1-2,10,14-16,19H,3-9,11-13H2,(H,26,28)(H2,25,27,29). The second-order valence-corrected chi connectivity index (χ2v) is 10.7. The summed E-state index contributed by atoms with van der Waals surface area (Å²) in [5.41, 5.74) is 0.997. The lowest BCUT2D eigenvalue weighted by molar-refractivity contribution is -0.121. The maximum Gasteiger partial charge on any atom is 0.315 e. The van der Waals surface area contributed by atoms with E-state index < -0.39 is 0 Å². The molecule has 4 fully saturated rings. The molecule has 0 spiro atoms. The van der Waals surface area contributed by atoms with Gasteiger partial charge < -0.3 is 20.7 Å². The zero-order chi connectivity index (χ0) is 20.7. The molecule has 4 bridgehead atoms. The van der Waals surface area contributed by atoms with Crippen LogP contribution in [0.3, 0.4) is 0 Å². The Morgan fingerprint density at radius 2 is 1.80 bits per heavy atom. The van der Waals surface area contributed by atoms with E-state index >= 15 is 0 Å². The van der Waals surface area contributed by atoms with Gasteiger partial charge in [0.1, 0.15) is 5.75 Å².